The minimum Gasteiger partial charge on any atom is -0.348 e. The van der Waals surface area contributed by atoms with Crippen LogP contribution in [0.5, 0.6) is 0 Å². The molecule has 0 bridgehead atoms. The smallest absolute Gasteiger partial charge is 0.230 e. The summed E-state index contributed by atoms with van der Waals surface area (Å²) in [4.78, 5) is 11.8. The highest BCUT2D eigenvalue weighted by molar-refractivity contribution is 7.22. The number of thiazole rings is 1. The van der Waals surface area contributed by atoms with E-state index in [-0.39, 0.29) is 0 Å². The third-order valence-corrected chi connectivity index (χ3v) is 6.38. The molecule has 0 aliphatic carbocycles. The fourth-order valence-electron chi connectivity index (χ4n) is 3.62. The van der Waals surface area contributed by atoms with Gasteiger partial charge in [0.25, 0.3) is 0 Å². The van der Waals surface area contributed by atoms with E-state index in [1.54, 1.807) is 11.3 Å². The highest BCUT2D eigenvalue weighted by Crippen LogP contribution is 2.34. The first-order valence-electron chi connectivity index (χ1n) is 9.53. The first-order chi connectivity index (χ1) is 13.8. The van der Waals surface area contributed by atoms with Crippen molar-refractivity contribution in [1.82, 2.24) is 15.1 Å². The maximum Gasteiger partial charge on any atom is 0.230 e. The first kappa shape index (κ1) is 17.3. The molecule has 7 heteroatoms. The molecule has 1 aliphatic rings. The van der Waals surface area contributed by atoms with E-state index >= 15 is 0 Å². The molecule has 2 aromatic heterocycles. The molecule has 1 aliphatic heterocycles. The number of rotatable bonds is 4. The van der Waals surface area contributed by atoms with Gasteiger partial charge in [-0.2, -0.15) is 4.98 Å². The van der Waals surface area contributed by atoms with E-state index < -0.39 is 0 Å². The average Bonchev–Trinajstić information content (AvgIpc) is 3.41. The number of aromatic nitrogens is 3. The second-order valence-corrected chi connectivity index (χ2v) is 8.09. The molecule has 1 saturated heterocycles. The molecule has 2 N–H and O–H groups in total. The topological polar surface area (TPSA) is 81.1 Å². The van der Waals surface area contributed by atoms with Crippen LogP contribution in [-0.2, 0) is 6.54 Å². The SMILES string of the molecule is NCc1ccc(-c2noc(C3CCN(c4nc5ccccc5s4)CC3)n2)cc1. The molecular weight excluding hydrogens is 370 g/mol. The van der Waals surface area contributed by atoms with Crippen molar-refractivity contribution in [3.8, 4) is 11.4 Å². The molecule has 142 valence electrons. The Bertz CT molecular complexity index is 1050. The van der Waals surface area contributed by atoms with Gasteiger partial charge in [-0.05, 0) is 30.5 Å². The summed E-state index contributed by atoms with van der Waals surface area (Å²) in [6.45, 7) is 2.44. The quantitative estimate of drug-likeness (QED) is 0.562. The Morgan fingerprint density at radius 2 is 1.82 bits per heavy atom. The van der Waals surface area contributed by atoms with Crippen LogP contribution in [0.4, 0.5) is 5.13 Å². The zero-order valence-electron chi connectivity index (χ0n) is 15.4. The van der Waals surface area contributed by atoms with Crippen LogP contribution in [0.2, 0.25) is 0 Å². The van der Waals surface area contributed by atoms with Crippen LogP contribution in [0.3, 0.4) is 0 Å². The third kappa shape index (κ3) is 3.27. The lowest BCUT2D eigenvalue weighted by atomic mass is 9.97. The molecule has 0 spiro atoms. The predicted octanol–water partition coefficient (Wildman–Crippen LogP) is 4.19. The number of benzene rings is 2. The Balaban J connectivity index is 1.27. The predicted molar refractivity (Wildman–Crippen MR) is 111 cm³/mol. The minimum absolute atomic E-state index is 0.301. The van der Waals surface area contributed by atoms with Gasteiger partial charge in [0.15, 0.2) is 5.13 Å². The lowest BCUT2D eigenvalue weighted by Crippen LogP contribution is -2.32. The number of nitrogens with zero attached hydrogens (tertiary/aromatic N) is 4. The maximum absolute atomic E-state index is 5.66. The van der Waals surface area contributed by atoms with Crippen molar-refractivity contribution in [2.75, 3.05) is 18.0 Å². The highest BCUT2D eigenvalue weighted by Gasteiger charge is 2.26. The molecule has 0 radical (unpaired) electrons. The van der Waals surface area contributed by atoms with Gasteiger partial charge < -0.3 is 15.2 Å². The van der Waals surface area contributed by atoms with E-state index in [4.69, 9.17) is 15.2 Å². The van der Waals surface area contributed by atoms with Crippen molar-refractivity contribution < 1.29 is 4.52 Å². The summed E-state index contributed by atoms with van der Waals surface area (Å²) < 4.78 is 6.82. The number of nitrogens with two attached hydrogens (primary N) is 1. The van der Waals surface area contributed by atoms with E-state index in [1.807, 2.05) is 30.3 Å². The van der Waals surface area contributed by atoms with E-state index in [1.165, 1.54) is 4.70 Å². The summed E-state index contributed by atoms with van der Waals surface area (Å²) in [7, 11) is 0. The van der Waals surface area contributed by atoms with Crippen molar-refractivity contribution in [3.63, 3.8) is 0 Å². The zero-order chi connectivity index (χ0) is 18.9. The van der Waals surface area contributed by atoms with Crippen LogP contribution in [-0.4, -0.2) is 28.2 Å². The van der Waals surface area contributed by atoms with Gasteiger partial charge in [-0.1, -0.05) is 52.9 Å². The Hall–Kier alpha value is -2.77. The first-order valence-corrected chi connectivity index (χ1v) is 10.4. The lowest BCUT2D eigenvalue weighted by Gasteiger charge is -2.29. The zero-order valence-corrected chi connectivity index (χ0v) is 16.2. The van der Waals surface area contributed by atoms with Crippen molar-refractivity contribution >= 4 is 26.7 Å². The van der Waals surface area contributed by atoms with Crippen LogP contribution in [0.25, 0.3) is 21.6 Å². The molecule has 1 fully saturated rings. The van der Waals surface area contributed by atoms with Gasteiger partial charge in [0.1, 0.15) is 0 Å². The number of hydrogen-bond acceptors (Lipinski definition) is 7. The molecule has 5 rings (SSSR count). The molecule has 0 unspecified atom stereocenters. The van der Waals surface area contributed by atoms with Gasteiger partial charge in [-0.3, -0.25) is 0 Å². The van der Waals surface area contributed by atoms with Crippen LogP contribution in [0.15, 0.2) is 53.1 Å². The second-order valence-electron chi connectivity index (χ2n) is 7.08. The molecule has 4 aromatic rings. The van der Waals surface area contributed by atoms with Crippen molar-refractivity contribution in [2.45, 2.75) is 25.3 Å². The lowest BCUT2D eigenvalue weighted by molar-refractivity contribution is 0.329. The van der Waals surface area contributed by atoms with Gasteiger partial charge in [0.05, 0.1) is 10.2 Å². The molecule has 0 atom stereocenters. The molecule has 0 amide bonds. The molecule has 2 aromatic carbocycles. The summed E-state index contributed by atoms with van der Waals surface area (Å²) in [5, 5.41) is 5.28. The maximum atomic E-state index is 5.66. The van der Waals surface area contributed by atoms with Crippen LogP contribution < -0.4 is 10.6 Å². The van der Waals surface area contributed by atoms with Gasteiger partial charge in [-0.25, -0.2) is 4.98 Å². The Kier molecular flexibility index (Phi) is 4.54. The van der Waals surface area contributed by atoms with E-state index in [2.05, 4.69) is 33.2 Å². The van der Waals surface area contributed by atoms with E-state index in [9.17, 15) is 0 Å². The summed E-state index contributed by atoms with van der Waals surface area (Å²) >= 11 is 1.76. The minimum atomic E-state index is 0.301. The molecule has 6 nitrogen and oxygen atoms in total. The van der Waals surface area contributed by atoms with Gasteiger partial charge in [0.2, 0.25) is 11.7 Å². The molecule has 28 heavy (non-hydrogen) atoms. The molecular formula is C21H21N5OS. The number of anilines is 1. The average molecular weight is 392 g/mol. The monoisotopic (exact) mass is 391 g/mol. The fraction of sp³-hybridized carbons (Fsp3) is 0.286. The van der Waals surface area contributed by atoms with Gasteiger partial charge >= 0.3 is 0 Å². The largest absolute Gasteiger partial charge is 0.348 e. The summed E-state index contributed by atoms with van der Waals surface area (Å²) in [6.07, 6.45) is 1.98. The van der Waals surface area contributed by atoms with E-state index in [0.717, 1.165) is 53.6 Å². The summed E-state index contributed by atoms with van der Waals surface area (Å²) in [5.74, 6) is 1.68. The molecule has 3 heterocycles. The van der Waals surface area contributed by atoms with E-state index in [0.29, 0.717) is 18.3 Å². The van der Waals surface area contributed by atoms with Gasteiger partial charge in [0, 0.05) is 31.1 Å². The number of piperidine rings is 1. The summed E-state index contributed by atoms with van der Waals surface area (Å²) in [5.41, 5.74) is 8.78. The standard InChI is InChI=1S/C21H21N5OS/c22-13-14-5-7-15(8-6-14)19-24-20(27-25-19)16-9-11-26(12-10-16)21-23-17-3-1-2-4-18(17)28-21/h1-8,16H,9-13,22H2. The van der Waals surface area contributed by atoms with Crippen LogP contribution >= 0.6 is 11.3 Å². The Labute approximate surface area is 167 Å². The number of hydrogen-bond donors (Lipinski definition) is 1. The third-order valence-electron chi connectivity index (χ3n) is 5.29. The molecule has 0 saturated carbocycles. The number of para-hydroxylation sites is 1. The van der Waals surface area contributed by atoms with Crippen molar-refractivity contribution in [3.05, 3.63) is 60.0 Å². The fourth-order valence-corrected chi connectivity index (χ4v) is 4.64. The Morgan fingerprint density at radius 3 is 2.57 bits per heavy atom. The highest BCUT2D eigenvalue weighted by atomic mass is 32.1. The second kappa shape index (κ2) is 7.33. The van der Waals surface area contributed by atoms with Crippen molar-refractivity contribution in [1.29, 1.82) is 0 Å². The normalized spacial score (nSPS) is 15.4. The Morgan fingerprint density at radius 1 is 1.04 bits per heavy atom. The summed E-state index contributed by atoms with van der Waals surface area (Å²) in [6, 6.07) is 16.3. The van der Waals surface area contributed by atoms with Crippen molar-refractivity contribution in [2.24, 2.45) is 5.73 Å². The van der Waals surface area contributed by atoms with Crippen LogP contribution in [0.1, 0.15) is 30.2 Å². The van der Waals surface area contributed by atoms with Crippen LogP contribution in [0, 0.1) is 0 Å². The van der Waals surface area contributed by atoms with Gasteiger partial charge in [-0.15, -0.1) is 0 Å². The number of fused-ring (bicyclic) bond motifs is 1.